The van der Waals surface area contributed by atoms with Crippen LogP contribution in [-0.4, -0.2) is 4.98 Å². The van der Waals surface area contributed by atoms with E-state index >= 15 is 0 Å². The van der Waals surface area contributed by atoms with Crippen LogP contribution >= 0.6 is 11.6 Å². The molecule has 96 valence electrons. The van der Waals surface area contributed by atoms with Crippen LogP contribution < -0.4 is 5.73 Å². The van der Waals surface area contributed by atoms with Crippen molar-refractivity contribution in [1.29, 1.82) is 0 Å². The molecule has 0 saturated carbocycles. The van der Waals surface area contributed by atoms with Gasteiger partial charge in [0, 0.05) is 34.6 Å². The normalized spacial score (nSPS) is 11.1. The highest BCUT2D eigenvalue weighted by atomic mass is 35.5. The van der Waals surface area contributed by atoms with Crippen molar-refractivity contribution in [2.75, 3.05) is 0 Å². The standard InChI is InChI=1S/C16H15ClN2/c17-12-7-5-11(6-8-12)9-16-14(10-18)13-3-1-2-4-15(13)19-16/h1-8,19H,9-10,18H2. The Kier molecular flexibility index (Phi) is 3.28. The first-order valence-electron chi connectivity index (χ1n) is 6.31. The van der Waals surface area contributed by atoms with Crippen LogP contribution in [0.15, 0.2) is 48.5 Å². The summed E-state index contributed by atoms with van der Waals surface area (Å²) in [6.45, 7) is 0.549. The van der Waals surface area contributed by atoms with E-state index < -0.39 is 0 Å². The van der Waals surface area contributed by atoms with E-state index in [1.807, 2.05) is 36.4 Å². The molecule has 0 aliphatic rings. The molecule has 0 saturated heterocycles. The number of nitrogens with one attached hydrogen (secondary N) is 1. The predicted molar refractivity (Wildman–Crippen MR) is 80.4 cm³/mol. The van der Waals surface area contributed by atoms with E-state index in [0.29, 0.717) is 6.54 Å². The van der Waals surface area contributed by atoms with Crippen LogP contribution in [-0.2, 0) is 13.0 Å². The molecule has 19 heavy (non-hydrogen) atoms. The number of benzene rings is 2. The minimum atomic E-state index is 0.549. The van der Waals surface area contributed by atoms with Crippen molar-refractivity contribution in [2.45, 2.75) is 13.0 Å². The van der Waals surface area contributed by atoms with Crippen LogP contribution in [0, 0.1) is 0 Å². The van der Waals surface area contributed by atoms with Gasteiger partial charge in [-0.15, -0.1) is 0 Å². The molecule has 0 spiro atoms. The van der Waals surface area contributed by atoms with E-state index in [-0.39, 0.29) is 0 Å². The average molecular weight is 271 g/mol. The van der Waals surface area contributed by atoms with Gasteiger partial charge in [-0.3, -0.25) is 0 Å². The lowest BCUT2D eigenvalue weighted by Gasteiger charge is -2.03. The number of hydrogen-bond donors (Lipinski definition) is 2. The smallest absolute Gasteiger partial charge is 0.0459 e. The fourth-order valence-electron chi connectivity index (χ4n) is 2.45. The maximum absolute atomic E-state index is 5.91. The van der Waals surface area contributed by atoms with Gasteiger partial charge in [-0.1, -0.05) is 41.9 Å². The van der Waals surface area contributed by atoms with E-state index in [1.54, 1.807) is 0 Å². The molecule has 0 aliphatic carbocycles. The lowest BCUT2D eigenvalue weighted by Crippen LogP contribution is -2.00. The molecule has 3 rings (SSSR count). The Morgan fingerprint density at radius 2 is 1.74 bits per heavy atom. The van der Waals surface area contributed by atoms with Gasteiger partial charge in [0.05, 0.1) is 0 Å². The highest BCUT2D eigenvalue weighted by molar-refractivity contribution is 6.30. The zero-order valence-corrected chi connectivity index (χ0v) is 11.2. The molecule has 2 nitrogen and oxygen atoms in total. The summed E-state index contributed by atoms with van der Waals surface area (Å²) >= 11 is 5.91. The summed E-state index contributed by atoms with van der Waals surface area (Å²) in [5.74, 6) is 0. The van der Waals surface area contributed by atoms with Gasteiger partial charge >= 0.3 is 0 Å². The second kappa shape index (κ2) is 5.08. The van der Waals surface area contributed by atoms with E-state index in [9.17, 15) is 0 Å². The summed E-state index contributed by atoms with van der Waals surface area (Å²) in [6, 6.07) is 16.2. The second-order valence-electron chi connectivity index (χ2n) is 4.64. The summed E-state index contributed by atoms with van der Waals surface area (Å²) in [6.07, 6.45) is 0.846. The Bertz CT molecular complexity index is 698. The third kappa shape index (κ3) is 2.37. The molecule has 0 atom stereocenters. The number of hydrogen-bond acceptors (Lipinski definition) is 1. The predicted octanol–water partition coefficient (Wildman–Crippen LogP) is 3.87. The number of aromatic amines is 1. The summed E-state index contributed by atoms with van der Waals surface area (Å²) in [5, 5.41) is 1.98. The van der Waals surface area contributed by atoms with Crippen LogP contribution in [0.5, 0.6) is 0 Å². The Morgan fingerprint density at radius 3 is 2.47 bits per heavy atom. The van der Waals surface area contributed by atoms with E-state index in [0.717, 1.165) is 17.0 Å². The molecule has 1 heterocycles. The van der Waals surface area contributed by atoms with Crippen molar-refractivity contribution in [3.8, 4) is 0 Å². The first-order chi connectivity index (χ1) is 9.28. The minimum Gasteiger partial charge on any atom is -0.358 e. The first kappa shape index (κ1) is 12.3. The van der Waals surface area contributed by atoms with Gasteiger partial charge in [0.2, 0.25) is 0 Å². The lowest BCUT2D eigenvalue weighted by molar-refractivity contribution is 1.01. The molecule has 0 radical (unpaired) electrons. The van der Waals surface area contributed by atoms with Gasteiger partial charge in [0.25, 0.3) is 0 Å². The van der Waals surface area contributed by atoms with Crippen LogP contribution in [0.3, 0.4) is 0 Å². The van der Waals surface area contributed by atoms with Crippen LogP contribution in [0.25, 0.3) is 10.9 Å². The summed E-state index contributed by atoms with van der Waals surface area (Å²) in [4.78, 5) is 3.47. The largest absolute Gasteiger partial charge is 0.358 e. The van der Waals surface area contributed by atoms with Crippen molar-refractivity contribution in [2.24, 2.45) is 5.73 Å². The molecular weight excluding hydrogens is 256 g/mol. The van der Waals surface area contributed by atoms with Gasteiger partial charge in [-0.25, -0.2) is 0 Å². The fraction of sp³-hybridized carbons (Fsp3) is 0.125. The van der Waals surface area contributed by atoms with E-state index in [4.69, 9.17) is 17.3 Å². The summed E-state index contributed by atoms with van der Waals surface area (Å²) in [5.41, 5.74) is 10.7. The average Bonchev–Trinajstić information content (AvgIpc) is 2.78. The van der Waals surface area contributed by atoms with E-state index in [2.05, 4.69) is 17.1 Å². The molecule has 0 bridgehead atoms. The highest BCUT2D eigenvalue weighted by Crippen LogP contribution is 2.24. The van der Waals surface area contributed by atoms with Gasteiger partial charge in [-0.05, 0) is 29.3 Å². The quantitative estimate of drug-likeness (QED) is 0.745. The van der Waals surface area contributed by atoms with Crippen molar-refractivity contribution >= 4 is 22.5 Å². The van der Waals surface area contributed by atoms with Crippen molar-refractivity contribution in [1.82, 2.24) is 4.98 Å². The van der Waals surface area contributed by atoms with Gasteiger partial charge in [-0.2, -0.15) is 0 Å². The topological polar surface area (TPSA) is 41.8 Å². The molecule has 0 unspecified atom stereocenters. The Hall–Kier alpha value is -1.77. The van der Waals surface area contributed by atoms with Crippen LogP contribution in [0.2, 0.25) is 5.02 Å². The number of fused-ring (bicyclic) bond motifs is 1. The van der Waals surface area contributed by atoms with Crippen LogP contribution in [0.1, 0.15) is 16.8 Å². The third-order valence-corrected chi connectivity index (χ3v) is 3.65. The van der Waals surface area contributed by atoms with Gasteiger partial charge in [0.1, 0.15) is 0 Å². The van der Waals surface area contributed by atoms with E-state index in [1.165, 1.54) is 22.2 Å². The Labute approximate surface area is 117 Å². The molecule has 0 fully saturated rings. The second-order valence-corrected chi connectivity index (χ2v) is 5.07. The van der Waals surface area contributed by atoms with Crippen LogP contribution in [0.4, 0.5) is 0 Å². The lowest BCUT2D eigenvalue weighted by atomic mass is 10.0. The number of rotatable bonds is 3. The Morgan fingerprint density at radius 1 is 1.00 bits per heavy atom. The molecule has 3 N–H and O–H groups in total. The number of H-pyrrole nitrogens is 1. The number of aromatic nitrogens is 1. The van der Waals surface area contributed by atoms with Crippen molar-refractivity contribution in [3.63, 3.8) is 0 Å². The van der Waals surface area contributed by atoms with Crippen molar-refractivity contribution in [3.05, 3.63) is 70.4 Å². The molecule has 0 amide bonds. The van der Waals surface area contributed by atoms with Gasteiger partial charge in [0.15, 0.2) is 0 Å². The number of para-hydroxylation sites is 1. The molecule has 3 heteroatoms. The molecule has 2 aromatic carbocycles. The first-order valence-corrected chi connectivity index (χ1v) is 6.68. The maximum atomic E-state index is 5.91. The summed E-state index contributed by atoms with van der Waals surface area (Å²) < 4.78 is 0. The zero-order chi connectivity index (χ0) is 13.2. The van der Waals surface area contributed by atoms with Gasteiger partial charge < -0.3 is 10.7 Å². The molecule has 3 aromatic rings. The third-order valence-electron chi connectivity index (χ3n) is 3.40. The minimum absolute atomic E-state index is 0.549. The molecule has 0 aliphatic heterocycles. The number of nitrogens with two attached hydrogens (primary N) is 1. The zero-order valence-electron chi connectivity index (χ0n) is 10.5. The van der Waals surface area contributed by atoms with Crippen molar-refractivity contribution < 1.29 is 0 Å². The highest BCUT2D eigenvalue weighted by Gasteiger charge is 2.09. The Balaban J connectivity index is 2.02. The maximum Gasteiger partial charge on any atom is 0.0459 e. The molecular formula is C16H15ClN2. The monoisotopic (exact) mass is 270 g/mol. The fourth-order valence-corrected chi connectivity index (χ4v) is 2.57. The SMILES string of the molecule is NCc1c(Cc2ccc(Cl)cc2)[nH]c2ccccc12. The number of halogens is 1. The summed E-state index contributed by atoms with van der Waals surface area (Å²) in [7, 11) is 0. The molecule has 1 aromatic heterocycles.